The van der Waals surface area contributed by atoms with Crippen molar-refractivity contribution in [1.82, 2.24) is 20.3 Å². The monoisotopic (exact) mass is 281 g/mol. The minimum absolute atomic E-state index is 0.261. The van der Waals surface area contributed by atoms with Crippen LogP contribution in [0, 0.1) is 4.77 Å². The average molecular weight is 281 g/mol. The maximum atomic E-state index is 10.7. The first-order valence-electron chi connectivity index (χ1n) is 5.25. The smallest absolute Gasteiger partial charge is 0.337 e. The molecule has 19 heavy (non-hydrogen) atoms. The summed E-state index contributed by atoms with van der Waals surface area (Å²) in [6, 6.07) is 6.37. The zero-order valence-corrected chi connectivity index (χ0v) is 10.7. The van der Waals surface area contributed by atoms with Gasteiger partial charge < -0.3 is 10.2 Å². The number of carbonyl (C=O) groups is 1. The van der Waals surface area contributed by atoms with E-state index in [9.17, 15) is 9.90 Å². The molecule has 1 heterocycles. The fourth-order valence-electron chi connectivity index (χ4n) is 1.52. The van der Waals surface area contributed by atoms with Gasteiger partial charge in [-0.1, -0.05) is 17.2 Å². The van der Waals surface area contributed by atoms with Crippen molar-refractivity contribution in [2.75, 3.05) is 12.1 Å². The molecular formula is C10H11N5O3S. The first kappa shape index (κ1) is 13.2. The van der Waals surface area contributed by atoms with E-state index in [1.807, 2.05) is 0 Å². The van der Waals surface area contributed by atoms with Crippen molar-refractivity contribution in [1.29, 1.82) is 0 Å². The summed E-state index contributed by atoms with van der Waals surface area (Å²) in [6.07, 6.45) is -1.53. The number of aromatic amines is 1. The molecule has 0 amide bonds. The Morgan fingerprint density at radius 2 is 2.11 bits per heavy atom. The van der Waals surface area contributed by atoms with Gasteiger partial charge in [0.1, 0.15) is 0 Å². The van der Waals surface area contributed by atoms with Gasteiger partial charge in [0.15, 0.2) is 6.10 Å². The van der Waals surface area contributed by atoms with Crippen molar-refractivity contribution < 1.29 is 15.0 Å². The maximum absolute atomic E-state index is 10.7. The Morgan fingerprint density at radius 1 is 1.47 bits per heavy atom. The van der Waals surface area contributed by atoms with Gasteiger partial charge in [0.05, 0.1) is 5.69 Å². The van der Waals surface area contributed by atoms with Crippen LogP contribution in [0.15, 0.2) is 24.3 Å². The number of carboxylic acid groups (broad SMARTS) is 1. The highest BCUT2D eigenvalue weighted by Crippen LogP contribution is 2.18. The number of anilines is 1. The average Bonchev–Trinajstić information content (AvgIpc) is 2.83. The Morgan fingerprint density at radius 3 is 2.58 bits per heavy atom. The number of aliphatic carboxylic acids is 1. The van der Waals surface area contributed by atoms with Gasteiger partial charge in [-0.15, -0.1) is 4.79 Å². The van der Waals surface area contributed by atoms with Gasteiger partial charge in [0.25, 0.3) is 4.77 Å². The molecule has 3 N–H and O–H groups in total. The number of aliphatic hydroxyl groups is 1. The van der Waals surface area contributed by atoms with E-state index in [2.05, 4.69) is 15.5 Å². The van der Waals surface area contributed by atoms with E-state index < -0.39 is 12.1 Å². The third-order valence-electron chi connectivity index (χ3n) is 2.57. The molecule has 0 radical (unpaired) electrons. The Kier molecular flexibility index (Phi) is 3.58. The summed E-state index contributed by atoms with van der Waals surface area (Å²) < 4.78 is 0.261. The summed E-state index contributed by atoms with van der Waals surface area (Å²) in [4.78, 5) is 12.1. The SMILES string of the molecule is CN(c1ccc(C(O)C(=O)O)cc1)n1[nH]nnc1=S. The van der Waals surface area contributed by atoms with Crippen molar-refractivity contribution in [3.63, 3.8) is 0 Å². The molecule has 0 aliphatic carbocycles. The summed E-state index contributed by atoms with van der Waals surface area (Å²) in [5, 5.41) is 29.5. The van der Waals surface area contributed by atoms with E-state index in [0.29, 0.717) is 5.56 Å². The van der Waals surface area contributed by atoms with Crippen LogP contribution in [0.3, 0.4) is 0 Å². The third kappa shape index (κ3) is 2.61. The number of benzene rings is 1. The van der Waals surface area contributed by atoms with Crippen LogP contribution >= 0.6 is 12.2 Å². The molecule has 1 aromatic heterocycles. The molecule has 0 fully saturated rings. The van der Waals surface area contributed by atoms with Crippen molar-refractivity contribution in [3.8, 4) is 0 Å². The number of tetrazole rings is 1. The molecule has 2 aromatic rings. The number of aliphatic hydroxyl groups excluding tert-OH is 1. The van der Waals surface area contributed by atoms with Crippen LogP contribution in [-0.4, -0.2) is 43.5 Å². The van der Waals surface area contributed by atoms with E-state index in [-0.39, 0.29) is 4.77 Å². The van der Waals surface area contributed by atoms with Gasteiger partial charge in [-0.05, 0) is 35.1 Å². The summed E-state index contributed by atoms with van der Waals surface area (Å²) in [5.41, 5.74) is 1.03. The van der Waals surface area contributed by atoms with Gasteiger partial charge in [0, 0.05) is 7.05 Å². The van der Waals surface area contributed by atoms with E-state index in [1.54, 1.807) is 24.2 Å². The van der Waals surface area contributed by atoms with Crippen molar-refractivity contribution in [2.45, 2.75) is 6.10 Å². The van der Waals surface area contributed by atoms with Crippen molar-refractivity contribution >= 4 is 23.9 Å². The van der Waals surface area contributed by atoms with Crippen LogP contribution in [-0.2, 0) is 4.79 Å². The number of nitrogens with one attached hydrogen (secondary N) is 1. The normalized spacial score (nSPS) is 12.1. The van der Waals surface area contributed by atoms with E-state index in [4.69, 9.17) is 17.3 Å². The van der Waals surface area contributed by atoms with Gasteiger partial charge >= 0.3 is 5.97 Å². The van der Waals surface area contributed by atoms with Gasteiger partial charge in [-0.25, -0.2) is 4.79 Å². The van der Waals surface area contributed by atoms with E-state index in [1.165, 1.54) is 16.9 Å². The number of aromatic nitrogens is 4. The number of nitrogens with zero attached hydrogens (tertiary/aromatic N) is 4. The number of H-pyrrole nitrogens is 1. The lowest BCUT2D eigenvalue weighted by Crippen LogP contribution is -2.26. The lowest BCUT2D eigenvalue weighted by atomic mass is 10.1. The van der Waals surface area contributed by atoms with Crippen LogP contribution in [0.25, 0.3) is 0 Å². The van der Waals surface area contributed by atoms with Crippen LogP contribution < -0.4 is 5.01 Å². The molecular weight excluding hydrogens is 270 g/mol. The van der Waals surface area contributed by atoms with Crippen LogP contribution in [0.5, 0.6) is 0 Å². The Balaban J connectivity index is 2.26. The Hall–Kier alpha value is -2.26. The number of hydrogen-bond acceptors (Lipinski definition) is 6. The zero-order chi connectivity index (χ0) is 14.0. The standard InChI is InChI=1S/C10H11N5O3S/c1-14(15-10(19)11-12-13-15)7-4-2-6(3-5-7)8(16)9(17)18/h2-5,8,16H,1H3,(H,17,18)(H,11,13,19). The molecule has 1 atom stereocenters. The molecule has 0 saturated carbocycles. The van der Waals surface area contributed by atoms with E-state index in [0.717, 1.165) is 5.69 Å². The van der Waals surface area contributed by atoms with Crippen LogP contribution in [0.1, 0.15) is 11.7 Å². The largest absolute Gasteiger partial charge is 0.479 e. The molecule has 0 spiro atoms. The Labute approximate surface area is 112 Å². The third-order valence-corrected chi connectivity index (χ3v) is 2.83. The summed E-state index contributed by atoms with van der Waals surface area (Å²) in [5.74, 6) is -1.29. The predicted octanol–water partition coefficient (Wildman–Crippen LogP) is 0.353. The highest BCUT2D eigenvalue weighted by molar-refractivity contribution is 7.71. The fraction of sp³-hybridized carbons (Fsp3) is 0.200. The van der Waals surface area contributed by atoms with Crippen molar-refractivity contribution in [3.05, 3.63) is 34.6 Å². The summed E-state index contributed by atoms with van der Waals surface area (Å²) in [6.45, 7) is 0. The molecule has 0 aliphatic heterocycles. The molecule has 0 aliphatic rings. The second kappa shape index (κ2) is 5.16. The predicted molar refractivity (Wildman–Crippen MR) is 68.0 cm³/mol. The second-order valence-corrected chi connectivity index (χ2v) is 4.12. The molecule has 100 valence electrons. The van der Waals surface area contributed by atoms with Crippen LogP contribution in [0.4, 0.5) is 5.69 Å². The van der Waals surface area contributed by atoms with Gasteiger partial charge in [0.2, 0.25) is 0 Å². The molecule has 0 saturated heterocycles. The molecule has 2 rings (SSSR count). The quantitative estimate of drug-likeness (QED) is 0.694. The van der Waals surface area contributed by atoms with Gasteiger partial charge in [-0.3, -0.25) is 5.01 Å². The lowest BCUT2D eigenvalue weighted by Gasteiger charge is -2.18. The summed E-state index contributed by atoms with van der Waals surface area (Å²) in [7, 11) is 1.73. The number of hydrogen-bond donors (Lipinski definition) is 3. The topological polar surface area (TPSA) is 107 Å². The van der Waals surface area contributed by atoms with Gasteiger partial charge in [-0.2, -0.15) is 5.21 Å². The first-order chi connectivity index (χ1) is 9.00. The highest BCUT2D eigenvalue weighted by Gasteiger charge is 2.16. The molecule has 8 nitrogen and oxygen atoms in total. The zero-order valence-electron chi connectivity index (χ0n) is 9.89. The van der Waals surface area contributed by atoms with E-state index >= 15 is 0 Å². The fourth-order valence-corrected chi connectivity index (χ4v) is 1.72. The highest BCUT2D eigenvalue weighted by atomic mass is 32.1. The molecule has 0 bridgehead atoms. The molecule has 1 unspecified atom stereocenters. The second-order valence-electron chi connectivity index (χ2n) is 3.75. The maximum Gasteiger partial charge on any atom is 0.337 e. The van der Waals surface area contributed by atoms with Crippen molar-refractivity contribution in [2.24, 2.45) is 0 Å². The molecule has 9 heteroatoms. The first-order valence-corrected chi connectivity index (χ1v) is 5.66. The minimum atomic E-state index is -1.53. The molecule has 1 aromatic carbocycles. The minimum Gasteiger partial charge on any atom is -0.479 e. The number of carboxylic acids is 1. The number of rotatable bonds is 4. The Bertz CT molecular complexity index is 635. The lowest BCUT2D eigenvalue weighted by molar-refractivity contribution is -0.146. The van der Waals surface area contributed by atoms with Crippen LogP contribution in [0.2, 0.25) is 0 Å². The summed E-state index contributed by atoms with van der Waals surface area (Å²) >= 11 is 4.96.